The molecule has 0 spiro atoms. The molecular weight excluding hydrogens is 374 g/mol. The first-order chi connectivity index (χ1) is 14.3. The highest BCUT2D eigenvalue weighted by molar-refractivity contribution is 6.08. The van der Waals surface area contributed by atoms with Crippen LogP contribution in [0.2, 0.25) is 0 Å². The minimum Gasteiger partial charge on any atom is -0.493 e. The average Bonchev–Trinajstić information content (AvgIpc) is 3.48. The maximum atomic E-state index is 12.8. The fourth-order valence-electron chi connectivity index (χ4n) is 3.80. The summed E-state index contributed by atoms with van der Waals surface area (Å²) in [6.07, 6.45) is 4.03. The molecule has 0 bridgehead atoms. The van der Waals surface area contributed by atoms with E-state index in [9.17, 15) is 4.79 Å². The van der Waals surface area contributed by atoms with E-state index in [4.69, 9.17) is 14.2 Å². The van der Waals surface area contributed by atoms with Gasteiger partial charge in [0.2, 0.25) is 6.79 Å². The van der Waals surface area contributed by atoms with Crippen LogP contribution in [0.4, 0.5) is 0 Å². The number of fused-ring (bicyclic) bond motifs is 2. The molecule has 1 aromatic carbocycles. The Labute approximate surface area is 166 Å². The molecule has 5 rings (SSSR count). The van der Waals surface area contributed by atoms with Gasteiger partial charge in [0.1, 0.15) is 23.3 Å². The van der Waals surface area contributed by atoms with Crippen LogP contribution in [0.25, 0.3) is 22.3 Å². The molecule has 0 aliphatic carbocycles. The van der Waals surface area contributed by atoms with E-state index < -0.39 is 0 Å². The lowest BCUT2D eigenvalue weighted by Gasteiger charge is -2.13. The Morgan fingerprint density at radius 1 is 1.34 bits per heavy atom. The molecule has 0 saturated carbocycles. The second-order valence-electron chi connectivity index (χ2n) is 6.92. The fourth-order valence-corrected chi connectivity index (χ4v) is 3.80. The van der Waals surface area contributed by atoms with Gasteiger partial charge in [-0.05, 0) is 32.0 Å². The highest BCUT2D eigenvalue weighted by atomic mass is 16.7. The lowest BCUT2D eigenvalue weighted by atomic mass is 10.1. The first kappa shape index (κ1) is 17.7. The summed E-state index contributed by atoms with van der Waals surface area (Å²) in [5.74, 6) is 1.69. The molecule has 2 aliphatic rings. The maximum Gasteiger partial charge on any atom is 0.255 e. The standard InChI is InChI=1S/C20H21N5O4/c1-2-27-13-3-4-14-19(29-10-28-14)15(13)17-18-16(23-9-24-17)12(8-22-18)20(26)25-11-5-6-21-7-11/h3-4,8-9,11,21-22H,2,5-7,10H2,1H3,(H,25,26)/t11-/m1/s1. The quantitative estimate of drug-likeness (QED) is 0.605. The molecule has 3 aromatic rings. The number of hydrogen-bond donors (Lipinski definition) is 3. The van der Waals surface area contributed by atoms with Gasteiger partial charge in [0.05, 0.1) is 23.3 Å². The first-order valence-corrected chi connectivity index (χ1v) is 9.65. The van der Waals surface area contributed by atoms with Crippen LogP contribution in [-0.4, -0.2) is 53.4 Å². The Hall–Kier alpha value is -3.33. The van der Waals surface area contributed by atoms with E-state index in [0.29, 0.717) is 51.7 Å². The van der Waals surface area contributed by atoms with Gasteiger partial charge in [-0.1, -0.05) is 0 Å². The van der Waals surface area contributed by atoms with Crippen molar-refractivity contribution in [3.63, 3.8) is 0 Å². The monoisotopic (exact) mass is 395 g/mol. The zero-order valence-corrected chi connectivity index (χ0v) is 15.9. The summed E-state index contributed by atoms with van der Waals surface area (Å²) >= 11 is 0. The van der Waals surface area contributed by atoms with E-state index in [-0.39, 0.29) is 18.7 Å². The highest BCUT2D eigenvalue weighted by Crippen LogP contribution is 2.47. The van der Waals surface area contributed by atoms with Crippen LogP contribution < -0.4 is 24.8 Å². The molecule has 9 heteroatoms. The minimum absolute atomic E-state index is 0.126. The number of aromatic amines is 1. The van der Waals surface area contributed by atoms with Crippen LogP contribution in [0.1, 0.15) is 23.7 Å². The third-order valence-electron chi connectivity index (χ3n) is 5.14. The average molecular weight is 395 g/mol. The summed E-state index contributed by atoms with van der Waals surface area (Å²) in [5.41, 5.74) is 2.97. The molecule has 2 aliphatic heterocycles. The van der Waals surface area contributed by atoms with Gasteiger partial charge < -0.3 is 29.8 Å². The summed E-state index contributed by atoms with van der Waals surface area (Å²) in [7, 11) is 0. The summed E-state index contributed by atoms with van der Waals surface area (Å²) < 4.78 is 17.0. The molecule has 150 valence electrons. The lowest BCUT2D eigenvalue weighted by Crippen LogP contribution is -2.36. The lowest BCUT2D eigenvalue weighted by molar-refractivity contribution is 0.0941. The fraction of sp³-hybridized carbons (Fsp3) is 0.350. The summed E-state index contributed by atoms with van der Waals surface area (Å²) in [5, 5.41) is 6.30. The van der Waals surface area contributed by atoms with Gasteiger partial charge in [0.15, 0.2) is 11.5 Å². The van der Waals surface area contributed by atoms with Crippen LogP contribution in [0.3, 0.4) is 0 Å². The molecule has 0 unspecified atom stereocenters. The molecule has 4 heterocycles. The van der Waals surface area contributed by atoms with Crippen LogP contribution in [0.5, 0.6) is 17.2 Å². The second-order valence-corrected chi connectivity index (χ2v) is 6.92. The number of carbonyl (C=O) groups is 1. The van der Waals surface area contributed by atoms with Gasteiger partial charge in [0, 0.05) is 18.8 Å². The number of ether oxygens (including phenoxy) is 3. The number of hydrogen-bond acceptors (Lipinski definition) is 7. The van der Waals surface area contributed by atoms with E-state index in [1.165, 1.54) is 6.33 Å². The Bertz CT molecular complexity index is 1070. The number of nitrogens with zero attached hydrogens (tertiary/aromatic N) is 2. The zero-order chi connectivity index (χ0) is 19.8. The third kappa shape index (κ3) is 3.03. The van der Waals surface area contributed by atoms with Crippen molar-refractivity contribution in [1.82, 2.24) is 25.6 Å². The summed E-state index contributed by atoms with van der Waals surface area (Å²) in [6, 6.07) is 3.78. The van der Waals surface area contributed by atoms with Crippen LogP contribution in [0, 0.1) is 0 Å². The molecule has 29 heavy (non-hydrogen) atoms. The van der Waals surface area contributed by atoms with E-state index >= 15 is 0 Å². The number of amides is 1. The smallest absolute Gasteiger partial charge is 0.255 e. The van der Waals surface area contributed by atoms with Gasteiger partial charge >= 0.3 is 0 Å². The topological polar surface area (TPSA) is 110 Å². The predicted molar refractivity (Wildman–Crippen MR) is 105 cm³/mol. The Balaban J connectivity index is 1.60. The van der Waals surface area contributed by atoms with Gasteiger partial charge in [-0.3, -0.25) is 4.79 Å². The summed E-state index contributed by atoms with van der Waals surface area (Å²) in [6.45, 7) is 4.24. The molecular formula is C20H21N5O4. The van der Waals surface area contributed by atoms with Gasteiger partial charge in [-0.15, -0.1) is 0 Å². The van der Waals surface area contributed by atoms with Gasteiger partial charge in [-0.2, -0.15) is 0 Å². The van der Waals surface area contributed by atoms with Crippen molar-refractivity contribution in [3.05, 3.63) is 30.2 Å². The number of H-pyrrole nitrogens is 1. The Kier molecular flexibility index (Phi) is 4.44. The molecule has 2 aromatic heterocycles. The van der Waals surface area contributed by atoms with E-state index in [0.717, 1.165) is 19.5 Å². The van der Waals surface area contributed by atoms with E-state index in [1.54, 1.807) is 6.20 Å². The molecule has 3 N–H and O–H groups in total. The molecule has 1 atom stereocenters. The Morgan fingerprint density at radius 3 is 3.10 bits per heavy atom. The zero-order valence-electron chi connectivity index (χ0n) is 15.9. The van der Waals surface area contributed by atoms with Crippen LogP contribution in [-0.2, 0) is 0 Å². The number of aromatic nitrogens is 3. The van der Waals surface area contributed by atoms with Crippen molar-refractivity contribution in [1.29, 1.82) is 0 Å². The SMILES string of the molecule is CCOc1ccc2c(c1-c1ncnc3c(C(=O)N[C@@H]4CCNC4)c[nH]c13)OCO2. The van der Waals surface area contributed by atoms with E-state index in [2.05, 4.69) is 25.6 Å². The first-order valence-electron chi connectivity index (χ1n) is 9.65. The number of rotatable bonds is 5. The van der Waals surface area contributed by atoms with Crippen LogP contribution in [0.15, 0.2) is 24.7 Å². The van der Waals surface area contributed by atoms with Crippen LogP contribution >= 0.6 is 0 Å². The number of carbonyl (C=O) groups excluding carboxylic acids is 1. The Morgan fingerprint density at radius 2 is 2.28 bits per heavy atom. The minimum atomic E-state index is -0.155. The normalized spacial score (nSPS) is 17.6. The van der Waals surface area contributed by atoms with Crippen molar-refractivity contribution in [2.45, 2.75) is 19.4 Å². The van der Waals surface area contributed by atoms with Crippen molar-refractivity contribution >= 4 is 16.9 Å². The van der Waals surface area contributed by atoms with Crippen molar-refractivity contribution in [2.75, 3.05) is 26.5 Å². The van der Waals surface area contributed by atoms with Gasteiger partial charge in [0.25, 0.3) is 5.91 Å². The predicted octanol–water partition coefficient (Wildman–Crippen LogP) is 1.84. The summed E-state index contributed by atoms with van der Waals surface area (Å²) in [4.78, 5) is 24.8. The number of benzene rings is 1. The number of nitrogens with one attached hydrogen (secondary N) is 3. The molecule has 9 nitrogen and oxygen atoms in total. The van der Waals surface area contributed by atoms with Crippen molar-refractivity contribution < 1.29 is 19.0 Å². The maximum absolute atomic E-state index is 12.8. The molecule has 1 saturated heterocycles. The van der Waals surface area contributed by atoms with Gasteiger partial charge in [-0.25, -0.2) is 9.97 Å². The third-order valence-corrected chi connectivity index (χ3v) is 5.14. The largest absolute Gasteiger partial charge is 0.493 e. The van der Waals surface area contributed by atoms with Crippen molar-refractivity contribution in [3.8, 4) is 28.5 Å². The van der Waals surface area contributed by atoms with Crippen molar-refractivity contribution in [2.24, 2.45) is 0 Å². The molecule has 0 radical (unpaired) electrons. The van der Waals surface area contributed by atoms with E-state index in [1.807, 2.05) is 19.1 Å². The second kappa shape index (κ2) is 7.25. The highest BCUT2D eigenvalue weighted by Gasteiger charge is 2.27. The molecule has 1 amide bonds. The molecule has 1 fully saturated rings.